The molecule has 3 nitrogen and oxygen atoms in total. The largest absolute Gasteiger partial charge is 0.481 e. The molecular weight excluding hydrogens is 192 g/mol. The number of carboxylic acids is 1. The lowest BCUT2D eigenvalue weighted by Gasteiger charge is -2.28. The van der Waals surface area contributed by atoms with Crippen LogP contribution in [0.2, 0.25) is 0 Å². The van der Waals surface area contributed by atoms with Gasteiger partial charge in [0.1, 0.15) is 0 Å². The highest BCUT2D eigenvalue weighted by Crippen LogP contribution is 2.33. The Morgan fingerprint density at radius 2 is 2.07 bits per heavy atom. The number of rotatable bonds is 6. The second-order valence-electron chi connectivity index (χ2n) is 4.48. The van der Waals surface area contributed by atoms with E-state index in [2.05, 4.69) is 0 Å². The summed E-state index contributed by atoms with van der Waals surface area (Å²) in [7, 11) is 1.71. The Kier molecular flexibility index (Phi) is 5.69. The standard InChI is InChI=1S/C12H22O3/c1-15-9-5-4-7-10-6-2-3-8-11(10)12(13)14/h10-11H,2-9H2,1H3,(H,13,14)/t10-,11-/m1/s1. The summed E-state index contributed by atoms with van der Waals surface area (Å²) in [6.07, 6.45) is 7.49. The van der Waals surface area contributed by atoms with Crippen molar-refractivity contribution in [3.63, 3.8) is 0 Å². The maximum atomic E-state index is 11.0. The van der Waals surface area contributed by atoms with Crippen molar-refractivity contribution >= 4 is 5.97 Å². The highest BCUT2D eigenvalue weighted by atomic mass is 16.5. The Morgan fingerprint density at radius 3 is 2.73 bits per heavy atom. The minimum Gasteiger partial charge on any atom is -0.481 e. The zero-order valence-corrected chi connectivity index (χ0v) is 9.58. The van der Waals surface area contributed by atoms with Crippen molar-refractivity contribution in [3.05, 3.63) is 0 Å². The van der Waals surface area contributed by atoms with Crippen LogP contribution in [0, 0.1) is 11.8 Å². The Morgan fingerprint density at radius 1 is 1.33 bits per heavy atom. The fraction of sp³-hybridized carbons (Fsp3) is 0.917. The van der Waals surface area contributed by atoms with Crippen molar-refractivity contribution in [3.8, 4) is 0 Å². The van der Waals surface area contributed by atoms with Gasteiger partial charge in [0.25, 0.3) is 0 Å². The predicted molar refractivity (Wildman–Crippen MR) is 58.8 cm³/mol. The first kappa shape index (κ1) is 12.5. The van der Waals surface area contributed by atoms with E-state index in [1.807, 2.05) is 0 Å². The first-order valence-corrected chi connectivity index (χ1v) is 5.97. The fourth-order valence-electron chi connectivity index (χ4n) is 2.53. The first-order valence-electron chi connectivity index (χ1n) is 5.97. The minimum atomic E-state index is -0.591. The summed E-state index contributed by atoms with van der Waals surface area (Å²) < 4.78 is 4.99. The van der Waals surface area contributed by atoms with E-state index in [0.717, 1.165) is 45.1 Å². The van der Waals surface area contributed by atoms with Gasteiger partial charge in [-0.2, -0.15) is 0 Å². The van der Waals surface area contributed by atoms with Crippen LogP contribution < -0.4 is 0 Å². The lowest BCUT2D eigenvalue weighted by molar-refractivity contribution is -0.145. The van der Waals surface area contributed by atoms with Gasteiger partial charge in [-0.3, -0.25) is 4.79 Å². The topological polar surface area (TPSA) is 46.5 Å². The van der Waals surface area contributed by atoms with Crippen LogP contribution in [0.25, 0.3) is 0 Å². The number of hydrogen-bond donors (Lipinski definition) is 1. The molecular formula is C12H22O3. The molecule has 1 aliphatic carbocycles. The number of carbonyl (C=O) groups is 1. The van der Waals surface area contributed by atoms with Crippen LogP contribution in [-0.2, 0) is 9.53 Å². The second-order valence-corrected chi connectivity index (χ2v) is 4.48. The summed E-state index contributed by atoms with van der Waals surface area (Å²) >= 11 is 0. The molecule has 15 heavy (non-hydrogen) atoms. The van der Waals surface area contributed by atoms with E-state index in [1.165, 1.54) is 6.42 Å². The Bertz CT molecular complexity index is 191. The first-order chi connectivity index (χ1) is 7.25. The molecule has 0 amide bonds. The summed E-state index contributed by atoms with van der Waals surface area (Å²) in [5, 5.41) is 9.09. The number of methoxy groups -OCH3 is 1. The molecule has 0 aliphatic heterocycles. The van der Waals surface area contributed by atoms with Crippen LogP contribution in [-0.4, -0.2) is 24.8 Å². The second kappa shape index (κ2) is 6.83. The molecule has 0 aromatic carbocycles. The number of aliphatic carboxylic acids is 1. The normalized spacial score (nSPS) is 26.5. The predicted octanol–water partition coefficient (Wildman–Crippen LogP) is 2.69. The molecule has 0 unspecified atom stereocenters. The molecule has 88 valence electrons. The summed E-state index contributed by atoms with van der Waals surface area (Å²) in [6.45, 7) is 0.796. The average molecular weight is 214 g/mol. The van der Waals surface area contributed by atoms with E-state index in [9.17, 15) is 4.79 Å². The van der Waals surface area contributed by atoms with Gasteiger partial charge in [0, 0.05) is 13.7 Å². The average Bonchev–Trinajstić information content (AvgIpc) is 2.25. The molecule has 0 heterocycles. The number of hydrogen-bond acceptors (Lipinski definition) is 2. The van der Waals surface area contributed by atoms with Crippen LogP contribution in [0.5, 0.6) is 0 Å². The van der Waals surface area contributed by atoms with Crippen LogP contribution in [0.1, 0.15) is 44.9 Å². The van der Waals surface area contributed by atoms with Crippen molar-refractivity contribution in [1.82, 2.24) is 0 Å². The maximum absolute atomic E-state index is 11.0. The Balaban J connectivity index is 2.26. The monoisotopic (exact) mass is 214 g/mol. The third-order valence-electron chi connectivity index (χ3n) is 3.40. The van der Waals surface area contributed by atoms with Crippen LogP contribution in [0.3, 0.4) is 0 Å². The summed E-state index contributed by atoms with van der Waals surface area (Å²) in [5.41, 5.74) is 0. The third kappa shape index (κ3) is 4.20. The van der Waals surface area contributed by atoms with Gasteiger partial charge in [-0.15, -0.1) is 0 Å². The lowest BCUT2D eigenvalue weighted by atomic mass is 9.77. The van der Waals surface area contributed by atoms with E-state index < -0.39 is 5.97 Å². The van der Waals surface area contributed by atoms with Gasteiger partial charge in [0.2, 0.25) is 0 Å². The van der Waals surface area contributed by atoms with Gasteiger partial charge in [-0.1, -0.05) is 19.3 Å². The highest BCUT2D eigenvalue weighted by molar-refractivity contribution is 5.70. The molecule has 1 rings (SSSR count). The molecule has 1 aliphatic rings. The van der Waals surface area contributed by atoms with Gasteiger partial charge in [0.05, 0.1) is 5.92 Å². The van der Waals surface area contributed by atoms with Gasteiger partial charge in [-0.25, -0.2) is 0 Å². The SMILES string of the molecule is COCCCC[C@H]1CCCC[C@H]1C(=O)O. The number of ether oxygens (including phenoxy) is 1. The van der Waals surface area contributed by atoms with Crippen molar-refractivity contribution < 1.29 is 14.6 Å². The third-order valence-corrected chi connectivity index (χ3v) is 3.40. The van der Waals surface area contributed by atoms with E-state index >= 15 is 0 Å². The Hall–Kier alpha value is -0.570. The van der Waals surface area contributed by atoms with Gasteiger partial charge in [-0.05, 0) is 31.6 Å². The van der Waals surface area contributed by atoms with E-state index in [1.54, 1.807) is 7.11 Å². The quantitative estimate of drug-likeness (QED) is 0.691. The van der Waals surface area contributed by atoms with E-state index in [-0.39, 0.29) is 5.92 Å². The Labute approximate surface area is 91.8 Å². The lowest BCUT2D eigenvalue weighted by Crippen LogP contribution is -2.26. The summed E-state index contributed by atoms with van der Waals surface area (Å²) in [4.78, 5) is 11.0. The van der Waals surface area contributed by atoms with Crippen LogP contribution in [0.15, 0.2) is 0 Å². The molecule has 0 spiro atoms. The van der Waals surface area contributed by atoms with Gasteiger partial charge in [0.15, 0.2) is 0 Å². The highest BCUT2D eigenvalue weighted by Gasteiger charge is 2.29. The molecule has 2 atom stereocenters. The molecule has 3 heteroatoms. The summed E-state index contributed by atoms with van der Waals surface area (Å²) in [6, 6.07) is 0. The molecule has 1 N–H and O–H groups in total. The van der Waals surface area contributed by atoms with Gasteiger partial charge >= 0.3 is 5.97 Å². The molecule has 0 aromatic rings. The summed E-state index contributed by atoms with van der Waals surface area (Å²) in [5.74, 6) is -0.263. The molecule has 0 aromatic heterocycles. The van der Waals surface area contributed by atoms with E-state index in [4.69, 9.17) is 9.84 Å². The van der Waals surface area contributed by atoms with Crippen molar-refractivity contribution in [2.45, 2.75) is 44.9 Å². The smallest absolute Gasteiger partial charge is 0.306 e. The fourth-order valence-corrected chi connectivity index (χ4v) is 2.53. The number of carboxylic acid groups (broad SMARTS) is 1. The molecule has 1 saturated carbocycles. The van der Waals surface area contributed by atoms with Crippen LogP contribution in [0.4, 0.5) is 0 Å². The van der Waals surface area contributed by atoms with Crippen molar-refractivity contribution in [2.75, 3.05) is 13.7 Å². The van der Waals surface area contributed by atoms with E-state index in [0.29, 0.717) is 5.92 Å². The van der Waals surface area contributed by atoms with Crippen molar-refractivity contribution in [2.24, 2.45) is 11.8 Å². The number of unbranched alkanes of at least 4 members (excludes halogenated alkanes) is 1. The maximum Gasteiger partial charge on any atom is 0.306 e. The van der Waals surface area contributed by atoms with Crippen molar-refractivity contribution in [1.29, 1.82) is 0 Å². The van der Waals surface area contributed by atoms with Crippen LogP contribution >= 0.6 is 0 Å². The van der Waals surface area contributed by atoms with Gasteiger partial charge < -0.3 is 9.84 Å². The molecule has 1 fully saturated rings. The molecule has 0 radical (unpaired) electrons. The molecule has 0 bridgehead atoms. The zero-order valence-electron chi connectivity index (χ0n) is 9.58. The zero-order chi connectivity index (χ0) is 11.1. The minimum absolute atomic E-state index is 0.0821. The molecule has 0 saturated heterocycles.